The summed E-state index contributed by atoms with van der Waals surface area (Å²) >= 11 is 0. The molecule has 1 atom stereocenters. The first-order valence-corrected chi connectivity index (χ1v) is 8.35. The molecule has 1 aliphatic heterocycles. The van der Waals surface area contributed by atoms with Crippen molar-refractivity contribution in [1.82, 2.24) is 10.2 Å². The molecule has 2 N–H and O–H groups in total. The van der Waals surface area contributed by atoms with Gasteiger partial charge in [-0.3, -0.25) is 0 Å². The van der Waals surface area contributed by atoms with Crippen molar-refractivity contribution in [3.63, 3.8) is 0 Å². The highest BCUT2D eigenvalue weighted by Crippen LogP contribution is 2.25. The van der Waals surface area contributed by atoms with Crippen LogP contribution in [0, 0.1) is 0 Å². The van der Waals surface area contributed by atoms with E-state index in [1.807, 2.05) is 53.4 Å². The molecule has 0 aromatic heterocycles. The maximum atomic E-state index is 12.3. The summed E-state index contributed by atoms with van der Waals surface area (Å²) in [5, 5.41) is 6.25. The number of nitrogens with one attached hydrogen (secondary N) is 2. The van der Waals surface area contributed by atoms with Crippen LogP contribution in [0.4, 0.5) is 10.5 Å². The SMILES string of the molecule is COc1ccc(Oc2ccc(NC(=O)N3CCN[C@@H](C)C3)cc2)cc1. The molecule has 0 saturated carbocycles. The minimum atomic E-state index is -0.0721. The summed E-state index contributed by atoms with van der Waals surface area (Å²) in [5.74, 6) is 2.22. The maximum Gasteiger partial charge on any atom is 0.321 e. The minimum Gasteiger partial charge on any atom is -0.497 e. The van der Waals surface area contributed by atoms with Gasteiger partial charge in [0, 0.05) is 31.4 Å². The number of hydrogen-bond acceptors (Lipinski definition) is 4. The van der Waals surface area contributed by atoms with Crippen LogP contribution in [-0.4, -0.2) is 43.7 Å². The van der Waals surface area contributed by atoms with Crippen LogP contribution in [0.1, 0.15) is 6.92 Å². The average molecular weight is 341 g/mol. The summed E-state index contributed by atoms with van der Waals surface area (Å²) in [6.07, 6.45) is 0. The second kappa shape index (κ2) is 7.90. The van der Waals surface area contributed by atoms with Crippen molar-refractivity contribution in [2.45, 2.75) is 13.0 Å². The molecule has 25 heavy (non-hydrogen) atoms. The highest BCUT2D eigenvalue weighted by atomic mass is 16.5. The summed E-state index contributed by atoms with van der Waals surface area (Å²) in [7, 11) is 1.63. The zero-order valence-electron chi connectivity index (χ0n) is 14.5. The summed E-state index contributed by atoms with van der Waals surface area (Å²) < 4.78 is 10.9. The second-order valence-electron chi connectivity index (χ2n) is 6.03. The summed E-state index contributed by atoms with van der Waals surface area (Å²) in [6.45, 7) is 4.33. The lowest BCUT2D eigenvalue weighted by Crippen LogP contribution is -2.52. The first-order chi connectivity index (χ1) is 12.1. The van der Waals surface area contributed by atoms with Crippen molar-refractivity contribution < 1.29 is 14.3 Å². The Balaban J connectivity index is 1.57. The smallest absolute Gasteiger partial charge is 0.321 e. The van der Waals surface area contributed by atoms with Gasteiger partial charge in [0.25, 0.3) is 0 Å². The molecule has 2 aromatic carbocycles. The number of carbonyl (C=O) groups is 1. The molecule has 0 radical (unpaired) electrons. The number of benzene rings is 2. The van der Waals surface area contributed by atoms with Crippen molar-refractivity contribution in [2.75, 3.05) is 32.1 Å². The monoisotopic (exact) mass is 341 g/mol. The molecule has 2 aromatic rings. The number of anilines is 1. The second-order valence-corrected chi connectivity index (χ2v) is 6.03. The third-order valence-electron chi connectivity index (χ3n) is 4.06. The molecule has 0 spiro atoms. The lowest BCUT2D eigenvalue weighted by atomic mass is 10.2. The van der Waals surface area contributed by atoms with E-state index in [0.29, 0.717) is 18.3 Å². The molecule has 1 fully saturated rings. The van der Waals surface area contributed by atoms with Crippen LogP contribution in [0.15, 0.2) is 48.5 Å². The Morgan fingerprint density at radius 1 is 1.08 bits per heavy atom. The topological polar surface area (TPSA) is 62.8 Å². The fourth-order valence-corrected chi connectivity index (χ4v) is 2.71. The zero-order chi connectivity index (χ0) is 17.6. The predicted octanol–water partition coefficient (Wildman–Crippen LogP) is 3.31. The van der Waals surface area contributed by atoms with Gasteiger partial charge in [-0.15, -0.1) is 0 Å². The Morgan fingerprint density at radius 3 is 2.28 bits per heavy atom. The van der Waals surface area contributed by atoms with Gasteiger partial charge in [0.05, 0.1) is 7.11 Å². The Kier molecular flexibility index (Phi) is 5.40. The Labute approximate surface area is 147 Å². The van der Waals surface area contributed by atoms with E-state index in [0.717, 1.165) is 30.3 Å². The molecule has 0 aliphatic carbocycles. The minimum absolute atomic E-state index is 0.0721. The molecule has 0 unspecified atom stereocenters. The molecule has 6 heteroatoms. The number of nitrogens with zero attached hydrogens (tertiary/aromatic N) is 1. The number of methoxy groups -OCH3 is 1. The molecule has 0 bridgehead atoms. The quantitative estimate of drug-likeness (QED) is 0.895. The standard InChI is InChI=1S/C19H23N3O3/c1-14-13-22(12-11-20-14)19(23)21-15-3-5-17(6-4-15)25-18-9-7-16(24-2)8-10-18/h3-10,14,20H,11-13H2,1-2H3,(H,21,23)/t14-/m0/s1. The van der Waals surface area contributed by atoms with E-state index in [9.17, 15) is 4.79 Å². The number of rotatable bonds is 4. The van der Waals surface area contributed by atoms with Crippen LogP contribution < -0.4 is 20.1 Å². The van der Waals surface area contributed by atoms with Crippen LogP contribution in [0.5, 0.6) is 17.2 Å². The van der Waals surface area contributed by atoms with Crippen LogP contribution in [0.25, 0.3) is 0 Å². The zero-order valence-corrected chi connectivity index (χ0v) is 14.5. The number of carbonyl (C=O) groups excluding carboxylic acids is 1. The fourth-order valence-electron chi connectivity index (χ4n) is 2.71. The van der Waals surface area contributed by atoms with Gasteiger partial charge in [0.2, 0.25) is 0 Å². The summed E-state index contributed by atoms with van der Waals surface area (Å²) in [6, 6.07) is 15.0. The molecule has 2 amide bonds. The van der Waals surface area contributed by atoms with Gasteiger partial charge in [-0.25, -0.2) is 4.79 Å². The van der Waals surface area contributed by atoms with Crippen molar-refractivity contribution in [3.8, 4) is 17.2 Å². The largest absolute Gasteiger partial charge is 0.497 e. The molecule has 6 nitrogen and oxygen atoms in total. The van der Waals surface area contributed by atoms with Gasteiger partial charge in [-0.2, -0.15) is 0 Å². The molecule has 1 aliphatic rings. The van der Waals surface area contributed by atoms with Crippen molar-refractivity contribution in [3.05, 3.63) is 48.5 Å². The Bertz CT molecular complexity index is 701. The van der Waals surface area contributed by atoms with Gasteiger partial charge in [0.15, 0.2) is 0 Å². The third kappa shape index (κ3) is 4.64. The molecular weight excluding hydrogens is 318 g/mol. The van der Waals surface area contributed by atoms with Crippen molar-refractivity contribution in [1.29, 1.82) is 0 Å². The normalized spacial score (nSPS) is 17.0. The van der Waals surface area contributed by atoms with Crippen LogP contribution in [0.3, 0.4) is 0 Å². The molecule has 1 saturated heterocycles. The summed E-state index contributed by atoms with van der Waals surface area (Å²) in [4.78, 5) is 14.1. The first-order valence-electron chi connectivity index (χ1n) is 8.35. The van der Waals surface area contributed by atoms with Crippen molar-refractivity contribution in [2.24, 2.45) is 0 Å². The number of urea groups is 1. The lowest BCUT2D eigenvalue weighted by molar-refractivity contribution is 0.192. The average Bonchev–Trinajstić information content (AvgIpc) is 2.64. The van der Waals surface area contributed by atoms with Gasteiger partial charge >= 0.3 is 6.03 Å². The van der Waals surface area contributed by atoms with Crippen molar-refractivity contribution >= 4 is 11.7 Å². The highest BCUT2D eigenvalue weighted by molar-refractivity contribution is 5.89. The van der Waals surface area contributed by atoms with Crippen LogP contribution in [-0.2, 0) is 0 Å². The Morgan fingerprint density at radius 2 is 1.68 bits per heavy atom. The number of hydrogen-bond donors (Lipinski definition) is 2. The van der Waals surface area contributed by atoms with Crippen LogP contribution >= 0.6 is 0 Å². The summed E-state index contributed by atoms with van der Waals surface area (Å²) in [5.41, 5.74) is 0.748. The molecule has 1 heterocycles. The first kappa shape index (κ1) is 17.1. The van der Waals surface area contributed by atoms with Gasteiger partial charge in [-0.1, -0.05) is 0 Å². The van der Waals surface area contributed by atoms with E-state index >= 15 is 0 Å². The van der Waals surface area contributed by atoms with Gasteiger partial charge in [0.1, 0.15) is 17.2 Å². The van der Waals surface area contributed by atoms with Crippen LogP contribution in [0.2, 0.25) is 0 Å². The number of amides is 2. The molecule has 132 valence electrons. The van der Waals surface area contributed by atoms with Gasteiger partial charge < -0.3 is 25.0 Å². The maximum absolute atomic E-state index is 12.3. The van der Waals surface area contributed by atoms with E-state index in [4.69, 9.17) is 9.47 Å². The molecular formula is C19H23N3O3. The number of ether oxygens (including phenoxy) is 2. The van der Waals surface area contributed by atoms with E-state index < -0.39 is 0 Å². The lowest BCUT2D eigenvalue weighted by Gasteiger charge is -2.31. The van der Waals surface area contributed by atoms with E-state index in [2.05, 4.69) is 17.6 Å². The highest BCUT2D eigenvalue weighted by Gasteiger charge is 2.20. The van der Waals surface area contributed by atoms with E-state index in [1.165, 1.54) is 0 Å². The Hall–Kier alpha value is -2.73. The third-order valence-corrected chi connectivity index (χ3v) is 4.06. The number of piperazine rings is 1. The van der Waals surface area contributed by atoms with E-state index in [1.54, 1.807) is 7.11 Å². The van der Waals surface area contributed by atoms with E-state index in [-0.39, 0.29) is 6.03 Å². The fraction of sp³-hybridized carbons (Fsp3) is 0.316. The van der Waals surface area contributed by atoms with Gasteiger partial charge in [-0.05, 0) is 55.5 Å². The molecule has 3 rings (SSSR count). The predicted molar refractivity (Wildman–Crippen MR) is 97.6 cm³/mol.